The van der Waals surface area contributed by atoms with Crippen molar-refractivity contribution in [1.82, 2.24) is 14.8 Å². The lowest BCUT2D eigenvalue weighted by Gasteiger charge is -2.09. The Hall–Kier alpha value is -3.64. The van der Waals surface area contributed by atoms with E-state index in [1.165, 1.54) is 11.8 Å². The molecule has 0 spiro atoms. The monoisotopic (exact) mass is 515 g/mol. The lowest BCUT2D eigenvalue weighted by atomic mass is 10.1. The number of esters is 1. The summed E-state index contributed by atoms with van der Waals surface area (Å²) in [5.74, 6) is -0.441. The molecule has 2 aromatic heterocycles. The van der Waals surface area contributed by atoms with Crippen LogP contribution in [0.4, 0.5) is 5.00 Å². The lowest BCUT2D eigenvalue weighted by Crippen LogP contribution is -2.17. The molecule has 0 aliphatic rings. The zero-order chi connectivity index (χ0) is 25.4. The van der Waals surface area contributed by atoms with Crippen LogP contribution in [0.1, 0.15) is 38.3 Å². The van der Waals surface area contributed by atoms with Gasteiger partial charge in [-0.25, -0.2) is 4.79 Å². The minimum absolute atomic E-state index is 0.0140. The normalized spacial score (nSPS) is 10.6. The number of anilines is 1. The van der Waals surface area contributed by atoms with E-state index in [-0.39, 0.29) is 34.4 Å². The Morgan fingerprint density at radius 2 is 2.00 bits per heavy atom. The average Bonchev–Trinajstić information content (AvgIpc) is 3.37. The third-order valence-corrected chi connectivity index (χ3v) is 6.84. The van der Waals surface area contributed by atoms with Crippen molar-refractivity contribution < 1.29 is 23.9 Å². The van der Waals surface area contributed by atoms with Crippen molar-refractivity contribution in [1.29, 1.82) is 0 Å². The van der Waals surface area contributed by atoms with Crippen molar-refractivity contribution in [3.05, 3.63) is 64.8 Å². The van der Waals surface area contributed by atoms with Gasteiger partial charge in [0.2, 0.25) is 5.91 Å². The molecule has 0 aliphatic heterocycles. The van der Waals surface area contributed by atoms with Gasteiger partial charge in [0, 0.05) is 6.54 Å². The number of nitrogens with one attached hydrogen (secondary N) is 1. The predicted molar refractivity (Wildman–Crippen MR) is 134 cm³/mol. The van der Waals surface area contributed by atoms with E-state index in [0.29, 0.717) is 28.8 Å². The van der Waals surface area contributed by atoms with Gasteiger partial charge in [-0.2, -0.15) is 0 Å². The number of aromatic nitrogens is 3. The summed E-state index contributed by atoms with van der Waals surface area (Å²) in [4.78, 5) is 37.0. The topological polar surface area (TPSA) is 138 Å². The molecule has 0 saturated carbocycles. The van der Waals surface area contributed by atoms with Crippen LogP contribution in [0, 0.1) is 6.92 Å². The molecule has 0 bridgehead atoms. The summed E-state index contributed by atoms with van der Waals surface area (Å²) in [6, 6.07) is 9.33. The molecule has 2 heterocycles. The highest BCUT2D eigenvalue weighted by Gasteiger charge is 2.26. The number of ether oxygens (including phenoxy) is 2. The van der Waals surface area contributed by atoms with E-state index in [0.717, 1.165) is 11.3 Å². The third-order valence-electron chi connectivity index (χ3n) is 4.65. The Labute approximate surface area is 210 Å². The van der Waals surface area contributed by atoms with Gasteiger partial charge in [-0.15, -0.1) is 28.1 Å². The number of hydrogen-bond acceptors (Lipinski definition) is 9. The van der Waals surface area contributed by atoms with Crippen molar-refractivity contribution in [2.24, 2.45) is 5.73 Å². The zero-order valence-corrected chi connectivity index (χ0v) is 20.9. The Bertz CT molecular complexity index is 1220. The van der Waals surface area contributed by atoms with Crippen LogP contribution in [0.15, 0.2) is 48.1 Å². The molecule has 0 atom stereocenters. The van der Waals surface area contributed by atoms with Crippen LogP contribution in [0.2, 0.25) is 0 Å². The number of carbonyl (C=O) groups excluding carboxylic acids is 3. The molecule has 184 valence electrons. The SMILES string of the molecule is C=CCn1c(COc2ccccc2)nnc1SCC(=O)Nc1sc(C(N)=O)c(C)c1C(=O)OCC. The van der Waals surface area contributed by atoms with Crippen LogP contribution in [0.5, 0.6) is 5.75 Å². The molecular weight excluding hydrogens is 490 g/mol. The van der Waals surface area contributed by atoms with E-state index in [9.17, 15) is 14.4 Å². The van der Waals surface area contributed by atoms with Crippen LogP contribution < -0.4 is 15.8 Å². The van der Waals surface area contributed by atoms with Crippen LogP contribution in [0.25, 0.3) is 0 Å². The predicted octanol–water partition coefficient (Wildman–Crippen LogP) is 3.42. The first-order chi connectivity index (χ1) is 16.8. The molecule has 3 aromatic rings. The number of rotatable bonds is 12. The molecule has 10 nitrogen and oxygen atoms in total. The summed E-state index contributed by atoms with van der Waals surface area (Å²) >= 11 is 2.11. The number of para-hydroxylation sites is 1. The largest absolute Gasteiger partial charge is 0.486 e. The lowest BCUT2D eigenvalue weighted by molar-refractivity contribution is -0.113. The molecular formula is C23H25N5O5S2. The minimum Gasteiger partial charge on any atom is -0.486 e. The first kappa shape index (κ1) is 26.0. The molecule has 12 heteroatoms. The highest BCUT2D eigenvalue weighted by Crippen LogP contribution is 2.33. The smallest absolute Gasteiger partial charge is 0.341 e. The molecule has 35 heavy (non-hydrogen) atoms. The number of benzene rings is 1. The molecule has 0 fully saturated rings. The Balaban J connectivity index is 1.70. The molecule has 1 aromatic carbocycles. The molecule has 2 amide bonds. The van der Waals surface area contributed by atoms with Gasteiger partial charge in [0.15, 0.2) is 11.0 Å². The summed E-state index contributed by atoms with van der Waals surface area (Å²) in [6.07, 6.45) is 1.70. The highest BCUT2D eigenvalue weighted by atomic mass is 32.2. The van der Waals surface area contributed by atoms with Gasteiger partial charge in [-0.1, -0.05) is 36.0 Å². The van der Waals surface area contributed by atoms with Crippen molar-refractivity contribution in [3.8, 4) is 5.75 Å². The first-order valence-electron chi connectivity index (χ1n) is 10.6. The van der Waals surface area contributed by atoms with E-state index in [4.69, 9.17) is 15.2 Å². The number of amides is 2. The number of thiophene rings is 1. The number of carbonyl (C=O) groups is 3. The molecule has 0 radical (unpaired) electrons. The molecule has 3 rings (SSSR count). The molecule has 0 saturated heterocycles. The van der Waals surface area contributed by atoms with Crippen molar-refractivity contribution in [2.75, 3.05) is 17.7 Å². The number of nitrogens with two attached hydrogens (primary N) is 1. The fourth-order valence-corrected chi connectivity index (χ4v) is 4.92. The molecule has 0 aliphatic carbocycles. The van der Waals surface area contributed by atoms with Gasteiger partial charge in [-0.05, 0) is 31.5 Å². The quantitative estimate of drug-likeness (QED) is 0.213. The number of hydrogen-bond donors (Lipinski definition) is 2. The van der Waals surface area contributed by atoms with Gasteiger partial charge < -0.3 is 20.5 Å². The van der Waals surface area contributed by atoms with E-state index < -0.39 is 17.8 Å². The van der Waals surface area contributed by atoms with Crippen LogP contribution in [0.3, 0.4) is 0 Å². The van der Waals surface area contributed by atoms with E-state index in [1.54, 1.807) is 24.5 Å². The summed E-state index contributed by atoms with van der Waals surface area (Å²) in [5.41, 5.74) is 5.91. The Morgan fingerprint density at radius 1 is 1.26 bits per heavy atom. The summed E-state index contributed by atoms with van der Waals surface area (Å²) in [7, 11) is 0. The van der Waals surface area contributed by atoms with E-state index in [2.05, 4.69) is 22.1 Å². The van der Waals surface area contributed by atoms with Gasteiger partial charge >= 0.3 is 5.97 Å². The van der Waals surface area contributed by atoms with Crippen LogP contribution in [-0.4, -0.2) is 44.9 Å². The van der Waals surface area contributed by atoms with Crippen LogP contribution in [-0.2, 0) is 22.7 Å². The summed E-state index contributed by atoms with van der Waals surface area (Å²) in [5, 5.41) is 11.8. The van der Waals surface area contributed by atoms with Crippen molar-refractivity contribution in [3.63, 3.8) is 0 Å². The second-order valence-corrected chi connectivity index (χ2v) is 9.04. The van der Waals surface area contributed by atoms with Crippen molar-refractivity contribution >= 4 is 45.9 Å². The highest BCUT2D eigenvalue weighted by molar-refractivity contribution is 7.99. The van der Waals surface area contributed by atoms with E-state index >= 15 is 0 Å². The summed E-state index contributed by atoms with van der Waals surface area (Å²) in [6.45, 7) is 7.81. The standard InChI is InChI=1S/C23H25N5O5S2/c1-4-11-28-16(12-33-15-9-7-6-8-10-15)26-27-23(28)34-13-17(29)25-21-18(22(31)32-5-2)14(3)19(35-21)20(24)30/h4,6-10H,1,5,11-13H2,2-3H3,(H2,24,30)(H,25,29). The van der Waals surface area contributed by atoms with Crippen LogP contribution >= 0.6 is 23.1 Å². The maximum atomic E-state index is 12.7. The van der Waals surface area contributed by atoms with Gasteiger partial charge in [0.05, 0.1) is 22.8 Å². The van der Waals surface area contributed by atoms with Gasteiger partial charge in [0.25, 0.3) is 5.91 Å². The second kappa shape index (κ2) is 12.2. The summed E-state index contributed by atoms with van der Waals surface area (Å²) < 4.78 is 12.6. The van der Waals surface area contributed by atoms with Gasteiger partial charge in [-0.3, -0.25) is 14.2 Å². The third kappa shape index (κ3) is 6.49. The zero-order valence-electron chi connectivity index (χ0n) is 19.3. The second-order valence-electron chi connectivity index (χ2n) is 7.08. The first-order valence-corrected chi connectivity index (χ1v) is 12.4. The maximum Gasteiger partial charge on any atom is 0.341 e. The Morgan fingerprint density at radius 3 is 2.66 bits per heavy atom. The number of thioether (sulfide) groups is 1. The van der Waals surface area contributed by atoms with Gasteiger partial charge in [0.1, 0.15) is 17.4 Å². The molecule has 3 N–H and O–H groups in total. The maximum absolute atomic E-state index is 12.7. The molecule has 0 unspecified atom stereocenters. The van der Waals surface area contributed by atoms with Crippen molar-refractivity contribution in [2.45, 2.75) is 32.2 Å². The fourth-order valence-electron chi connectivity index (χ4n) is 3.09. The fraction of sp³-hybridized carbons (Fsp3) is 0.261. The minimum atomic E-state index is -0.685. The Kier molecular flexibility index (Phi) is 9.04. The van der Waals surface area contributed by atoms with E-state index in [1.807, 2.05) is 30.3 Å². The number of allylic oxidation sites excluding steroid dienone is 1. The number of nitrogens with zero attached hydrogens (tertiary/aromatic N) is 3. The average molecular weight is 516 g/mol. The number of primary amides is 1.